The molecule has 0 saturated carbocycles. The van der Waals surface area contributed by atoms with Gasteiger partial charge in [0.1, 0.15) is 0 Å². The highest BCUT2D eigenvalue weighted by molar-refractivity contribution is 7.15. The Morgan fingerprint density at radius 1 is 1.35 bits per heavy atom. The van der Waals surface area contributed by atoms with Crippen molar-refractivity contribution < 1.29 is 19.1 Å². The lowest BCUT2D eigenvalue weighted by atomic mass is 10.1. The quantitative estimate of drug-likeness (QED) is 0.645. The van der Waals surface area contributed by atoms with Gasteiger partial charge in [-0.15, -0.1) is 11.3 Å². The minimum atomic E-state index is -0.584. The van der Waals surface area contributed by atoms with Crippen LogP contribution in [0.25, 0.3) is 0 Å². The number of nitrogens with one attached hydrogen (secondary N) is 2. The molecule has 2 aromatic heterocycles. The van der Waals surface area contributed by atoms with Gasteiger partial charge in [0.25, 0.3) is 0 Å². The number of ketones is 1. The van der Waals surface area contributed by atoms with Crippen molar-refractivity contribution in [1.29, 1.82) is 0 Å². The summed E-state index contributed by atoms with van der Waals surface area (Å²) in [6, 6.07) is 0. The topological polar surface area (TPSA) is 101 Å². The van der Waals surface area contributed by atoms with E-state index in [9.17, 15) is 14.4 Å². The van der Waals surface area contributed by atoms with E-state index in [1.54, 1.807) is 13.1 Å². The molecule has 2 aromatic rings. The van der Waals surface area contributed by atoms with Crippen molar-refractivity contribution in [2.75, 3.05) is 12.4 Å². The summed E-state index contributed by atoms with van der Waals surface area (Å²) in [5.41, 5.74) is 1.36. The first-order valence-electron chi connectivity index (χ1n) is 6.86. The summed E-state index contributed by atoms with van der Waals surface area (Å²) >= 11 is 1.36. The third-order valence-corrected chi connectivity index (χ3v) is 4.10. The summed E-state index contributed by atoms with van der Waals surface area (Å²) in [6.45, 7) is 4.92. The van der Waals surface area contributed by atoms with Gasteiger partial charge in [-0.2, -0.15) is 0 Å². The Morgan fingerprint density at radius 3 is 2.57 bits per heavy atom. The molecule has 0 radical (unpaired) electrons. The predicted molar refractivity (Wildman–Crippen MR) is 86.1 cm³/mol. The lowest BCUT2D eigenvalue weighted by Gasteiger charge is -2.04. The van der Waals surface area contributed by atoms with E-state index in [0.717, 1.165) is 4.88 Å². The normalized spacial score (nSPS) is 10.4. The number of H-pyrrole nitrogens is 1. The van der Waals surface area contributed by atoms with Crippen LogP contribution < -0.4 is 5.32 Å². The average molecular weight is 335 g/mol. The number of esters is 1. The molecule has 0 aliphatic heterocycles. The van der Waals surface area contributed by atoms with Crippen molar-refractivity contribution in [2.45, 2.75) is 27.2 Å². The first-order valence-corrected chi connectivity index (χ1v) is 7.68. The van der Waals surface area contributed by atoms with Crippen LogP contribution in [0.5, 0.6) is 0 Å². The zero-order chi connectivity index (χ0) is 17.1. The number of hydrogen-bond donors (Lipinski definition) is 2. The average Bonchev–Trinajstić information content (AvgIpc) is 3.02. The molecule has 8 heteroatoms. The van der Waals surface area contributed by atoms with Crippen LogP contribution >= 0.6 is 11.3 Å². The summed E-state index contributed by atoms with van der Waals surface area (Å²) < 4.78 is 4.74. The van der Waals surface area contributed by atoms with Gasteiger partial charge in [-0.25, -0.2) is 9.78 Å². The van der Waals surface area contributed by atoms with Crippen LogP contribution in [0.2, 0.25) is 0 Å². The molecule has 2 rings (SSSR count). The molecule has 1 amide bonds. The fourth-order valence-electron chi connectivity index (χ4n) is 2.26. The van der Waals surface area contributed by atoms with Crippen LogP contribution in [0.15, 0.2) is 6.20 Å². The number of anilines is 1. The molecular weight excluding hydrogens is 318 g/mol. The lowest BCUT2D eigenvalue weighted by molar-refractivity contribution is -0.115. The monoisotopic (exact) mass is 335 g/mol. The summed E-state index contributed by atoms with van der Waals surface area (Å²) in [6.07, 6.45) is 1.57. The van der Waals surface area contributed by atoms with E-state index in [-0.39, 0.29) is 23.7 Å². The Morgan fingerprint density at radius 2 is 2.04 bits per heavy atom. The number of hydrogen-bond acceptors (Lipinski definition) is 6. The Kier molecular flexibility index (Phi) is 4.95. The number of carbonyl (C=O) groups is 3. The van der Waals surface area contributed by atoms with Crippen LogP contribution in [0.3, 0.4) is 0 Å². The molecule has 2 N–H and O–H groups in total. The first kappa shape index (κ1) is 16.9. The van der Waals surface area contributed by atoms with Crippen LogP contribution in [-0.2, 0) is 16.0 Å². The summed E-state index contributed by atoms with van der Waals surface area (Å²) in [7, 11) is 1.25. The van der Waals surface area contributed by atoms with E-state index in [2.05, 4.69) is 15.3 Å². The minimum absolute atomic E-state index is 0.0861. The molecule has 0 aromatic carbocycles. The predicted octanol–water partition coefficient (Wildman–Crippen LogP) is 2.26. The van der Waals surface area contributed by atoms with Crippen LogP contribution in [0, 0.1) is 13.8 Å². The molecule has 122 valence electrons. The number of carbonyl (C=O) groups excluding carboxylic acids is 3. The van der Waals surface area contributed by atoms with Gasteiger partial charge in [-0.1, -0.05) is 0 Å². The summed E-state index contributed by atoms with van der Waals surface area (Å²) in [5, 5.41) is 3.15. The van der Waals surface area contributed by atoms with Crippen molar-refractivity contribution in [3.8, 4) is 0 Å². The number of thiazole rings is 1. The minimum Gasteiger partial charge on any atom is -0.465 e. The number of rotatable bonds is 5. The van der Waals surface area contributed by atoms with Crippen LogP contribution in [0.1, 0.15) is 43.9 Å². The Labute approximate surface area is 137 Å². The first-order chi connectivity index (χ1) is 10.8. The summed E-state index contributed by atoms with van der Waals surface area (Å²) in [4.78, 5) is 43.6. The second kappa shape index (κ2) is 6.74. The zero-order valence-electron chi connectivity index (χ0n) is 13.3. The third kappa shape index (κ3) is 3.65. The molecule has 0 saturated heterocycles. The van der Waals surface area contributed by atoms with E-state index >= 15 is 0 Å². The van der Waals surface area contributed by atoms with Gasteiger partial charge in [0, 0.05) is 23.7 Å². The van der Waals surface area contributed by atoms with Crippen molar-refractivity contribution in [3.05, 3.63) is 33.6 Å². The molecular formula is C15H17N3O4S. The van der Waals surface area contributed by atoms with Gasteiger partial charge < -0.3 is 15.0 Å². The smallest absolute Gasteiger partial charge is 0.339 e. The zero-order valence-corrected chi connectivity index (χ0v) is 14.1. The number of Topliss-reactive ketones (excluding diaryl/α,β-unsaturated/α-hetero) is 1. The van der Waals surface area contributed by atoms with E-state index in [4.69, 9.17) is 4.74 Å². The largest absolute Gasteiger partial charge is 0.465 e. The number of aromatic amines is 1. The molecule has 0 fully saturated rings. The molecule has 0 aliphatic carbocycles. The molecule has 0 spiro atoms. The fourth-order valence-corrected chi connectivity index (χ4v) is 2.94. The molecule has 23 heavy (non-hydrogen) atoms. The van der Waals surface area contributed by atoms with Gasteiger partial charge in [0.2, 0.25) is 5.91 Å². The molecule has 0 aliphatic rings. The third-order valence-electron chi connectivity index (χ3n) is 3.27. The number of ether oxygens (including phenoxy) is 1. The van der Waals surface area contributed by atoms with Crippen LogP contribution in [-0.4, -0.2) is 34.7 Å². The Hall–Kier alpha value is -2.48. The van der Waals surface area contributed by atoms with Gasteiger partial charge in [-0.3, -0.25) is 9.59 Å². The Balaban J connectivity index is 2.27. The van der Waals surface area contributed by atoms with E-state index in [0.29, 0.717) is 22.1 Å². The number of aromatic nitrogens is 2. The van der Waals surface area contributed by atoms with E-state index in [1.807, 2.05) is 6.92 Å². The fraction of sp³-hybridized carbons (Fsp3) is 0.333. The molecule has 0 bridgehead atoms. The molecule has 0 atom stereocenters. The van der Waals surface area contributed by atoms with E-state index < -0.39 is 5.97 Å². The maximum Gasteiger partial charge on any atom is 0.339 e. The number of amides is 1. The van der Waals surface area contributed by atoms with Gasteiger partial charge >= 0.3 is 5.97 Å². The second-order valence-corrected chi connectivity index (χ2v) is 6.26. The highest BCUT2D eigenvalue weighted by Crippen LogP contribution is 2.22. The van der Waals surface area contributed by atoms with Crippen molar-refractivity contribution in [1.82, 2.24) is 9.97 Å². The SMILES string of the molecule is COC(=O)c1c(CC(=O)Nc2ncc(C)s2)[nH]c(C(C)=O)c1C. The highest BCUT2D eigenvalue weighted by atomic mass is 32.1. The van der Waals surface area contributed by atoms with Crippen molar-refractivity contribution in [2.24, 2.45) is 0 Å². The lowest BCUT2D eigenvalue weighted by Crippen LogP contribution is -2.16. The van der Waals surface area contributed by atoms with Crippen molar-refractivity contribution >= 4 is 34.1 Å². The molecule has 0 unspecified atom stereocenters. The maximum atomic E-state index is 12.1. The molecule has 2 heterocycles. The van der Waals surface area contributed by atoms with Gasteiger partial charge in [0.05, 0.1) is 24.8 Å². The number of aryl methyl sites for hydroxylation is 1. The van der Waals surface area contributed by atoms with Crippen LogP contribution in [0.4, 0.5) is 5.13 Å². The Bertz CT molecular complexity index is 776. The number of nitrogens with zero attached hydrogens (tertiary/aromatic N) is 1. The van der Waals surface area contributed by atoms with Gasteiger partial charge in [-0.05, 0) is 19.4 Å². The van der Waals surface area contributed by atoms with E-state index in [1.165, 1.54) is 25.4 Å². The summed E-state index contributed by atoms with van der Waals surface area (Å²) in [5.74, 6) is -1.13. The number of methoxy groups -OCH3 is 1. The molecule has 7 nitrogen and oxygen atoms in total. The van der Waals surface area contributed by atoms with Crippen molar-refractivity contribution in [3.63, 3.8) is 0 Å². The highest BCUT2D eigenvalue weighted by Gasteiger charge is 2.24. The maximum absolute atomic E-state index is 12.1. The second-order valence-electron chi connectivity index (χ2n) is 5.03. The van der Waals surface area contributed by atoms with Gasteiger partial charge in [0.15, 0.2) is 10.9 Å². The standard InChI is InChI=1S/C15H17N3O4S/c1-7-6-16-15(23-7)18-11(20)5-10-12(14(21)22-4)8(2)13(17-10)9(3)19/h6,17H,5H2,1-4H3,(H,16,18,20).